The van der Waals surface area contributed by atoms with Gasteiger partial charge in [-0.2, -0.15) is 11.8 Å². The number of nitrogens with one attached hydrogen (secondary N) is 1. The largest absolute Gasteiger partial charge is 0.497 e. The number of carbonyl (C=O) groups excluding carboxylic acids is 1. The second-order valence-corrected chi connectivity index (χ2v) is 5.33. The van der Waals surface area contributed by atoms with Gasteiger partial charge in [-0.05, 0) is 24.0 Å². The van der Waals surface area contributed by atoms with E-state index in [2.05, 4.69) is 15.3 Å². The summed E-state index contributed by atoms with van der Waals surface area (Å²) >= 11 is 1.28. The molecule has 0 heterocycles. The van der Waals surface area contributed by atoms with E-state index >= 15 is 0 Å². The Balaban J connectivity index is 2.79. The molecular weight excluding hydrogens is 322 g/mol. The van der Waals surface area contributed by atoms with Crippen LogP contribution in [0.5, 0.6) is 5.75 Å². The van der Waals surface area contributed by atoms with Crippen LogP contribution in [0, 0.1) is 0 Å². The fourth-order valence-electron chi connectivity index (χ4n) is 1.69. The monoisotopic (exact) mass is 341 g/mol. The molecule has 0 spiro atoms. The molecule has 8 nitrogen and oxygen atoms in total. The number of amidine groups is 1. The number of carbonyl (C=O) groups is 2. The molecule has 1 amide bonds. The number of hydrogen-bond acceptors (Lipinski definition) is 6. The Morgan fingerprint density at radius 1 is 1.39 bits per heavy atom. The van der Waals surface area contributed by atoms with Gasteiger partial charge >= 0.3 is 12.1 Å². The van der Waals surface area contributed by atoms with Crippen LogP contribution in [0.3, 0.4) is 0 Å². The van der Waals surface area contributed by atoms with Gasteiger partial charge in [0.1, 0.15) is 5.75 Å². The van der Waals surface area contributed by atoms with Crippen LogP contribution in [0.15, 0.2) is 29.4 Å². The SMILES string of the molecule is COc1ccc(C[C@H](NC(=O)O)/C(N)=N\OC(=O)CSC)cc1. The van der Waals surface area contributed by atoms with E-state index in [0.29, 0.717) is 5.75 Å². The zero-order valence-electron chi connectivity index (χ0n) is 12.8. The summed E-state index contributed by atoms with van der Waals surface area (Å²) in [6, 6.07) is 6.24. The first kappa shape index (κ1) is 18.6. The van der Waals surface area contributed by atoms with Crippen LogP contribution in [0.4, 0.5) is 4.79 Å². The molecule has 0 saturated heterocycles. The van der Waals surface area contributed by atoms with Crippen LogP contribution < -0.4 is 15.8 Å². The van der Waals surface area contributed by atoms with Gasteiger partial charge in [0.15, 0.2) is 5.84 Å². The summed E-state index contributed by atoms with van der Waals surface area (Å²) in [5.74, 6) is 0.132. The van der Waals surface area contributed by atoms with Crippen molar-refractivity contribution in [1.29, 1.82) is 0 Å². The molecule has 0 saturated carbocycles. The van der Waals surface area contributed by atoms with Crippen LogP contribution >= 0.6 is 11.8 Å². The minimum Gasteiger partial charge on any atom is -0.497 e. The first-order chi connectivity index (χ1) is 11.0. The predicted molar refractivity (Wildman–Crippen MR) is 87.7 cm³/mol. The lowest BCUT2D eigenvalue weighted by Crippen LogP contribution is -2.45. The molecule has 0 aromatic heterocycles. The van der Waals surface area contributed by atoms with E-state index in [1.54, 1.807) is 37.6 Å². The Morgan fingerprint density at radius 3 is 2.57 bits per heavy atom. The smallest absolute Gasteiger partial charge is 0.405 e. The highest BCUT2D eigenvalue weighted by molar-refractivity contribution is 7.99. The standard InChI is InChI=1S/C14H19N3O5S/c1-21-10-5-3-9(4-6-10)7-11(16-14(19)20)13(15)17-22-12(18)8-23-2/h3-6,11,16H,7-8H2,1-2H3,(H2,15,17)(H,19,20)/t11-/m0/s1. The maximum atomic E-state index is 11.3. The fraction of sp³-hybridized carbons (Fsp3) is 0.357. The summed E-state index contributed by atoms with van der Waals surface area (Å²) in [5, 5.41) is 14.7. The molecule has 0 bridgehead atoms. The number of benzene rings is 1. The van der Waals surface area contributed by atoms with Crippen molar-refractivity contribution in [3.63, 3.8) is 0 Å². The maximum Gasteiger partial charge on any atom is 0.405 e. The molecule has 0 aliphatic rings. The lowest BCUT2D eigenvalue weighted by atomic mass is 10.1. The van der Waals surface area contributed by atoms with Crippen LogP contribution in [0.2, 0.25) is 0 Å². The number of rotatable bonds is 8. The minimum atomic E-state index is -1.25. The molecule has 1 rings (SSSR count). The minimum absolute atomic E-state index is 0.127. The topological polar surface area (TPSA) is 123 Å². The highest BCUT2D eigenvalue weighted by Gasteiger charge is 2.18. The molecule has 1 atom stereocenters. The van der Waals surface area contributed by atoms with Gasteiger partial charge < -0.3 is 25.7 Å². The number of nitrogens with two attached hydrogens (primary N) is 1. The number of hydrogen-bond donors (Lipinski definition) is 3. The van der Waals surface area contributed by atoms with E-state index in [1.165, 1.54) is 11.8 Å². The van der Waals surface area contributed by atoms with Gasteiger partial charge in [-0.25, -0.2) is 9.59 Å². The molecule has 0 fully saturated rings. The van der Waals surface area contributed by atoms with E-state index in [0.717, 1.165) is 5.56 Å². The van der Waals surface area contributed by atoms with Gasteiger partial charge in [-0.1, -0.05) is 17.3 Å². The quantitative estimate of drug-likeness (QED) is 0.279. The van der Waals surface area contributed by atoms with E-state index in [-0.39, 0.29) is 18.0 Å². The van der Waals surface area contributed by atoms with Crippen molar-refractivity contribution in [2.75, 3.05) is 19.1 Å². The Labute approximate surface area is 138 Å². The van der Waals surface area contributed by atoms with Gasteiger partial charge in [0.05, 0.1) is 18.9 Å². The number of ether oxygens (including phenoxy) is 1. The number of thioether (sulfide) groups is 1. The second kappa shape index (κ2) is 9.57. The molecule has 126 valence electrons. The molecule has 0 aliphatic carbocycles. The van der Waals surface area contributed by atoms with Crippen LogP contribution in [-0.2, 0) is 16.1 Å². The van der Waals surface area contributed by atoms with Crippen LogP contribution in [0.25, 0.3) is 0 Å². The van der Waals surface area contributed by atoms with E-state index in [1.807, 2.05) is 0 Å². The first-order valence-corrected chi connectivity index (χ1v) is 8.00. The Kier molecular flexibility index (Phi) is 7.75. The average molecular weight is 341 g/mol. The number of methoxy groups -OCH3 is 1. The van der Waals surface area contributed by atoms with E-state index in [4.69, 9.17) is 15.6 Å². The summed E-state index contributed by atoms with van der Waals surface area (Å²) in [6.45, 7) is 0. The van der Waals surface area contributed by atoms with Crippen molar-refractivity contribution < 1.29 is 24.3 Å². The Bertz CT molecular complexity index is 562. The van der Waals surface area contributed by atoms with Crippen molar-refractivity contribution in [3.8, 4) is 5.75 Å². The molecule has 9 heteroatoms. The molecule has 1 aromatic carbocycles. The lowest BCUT2D eigenvalue weighted by Gasteiger charge is -2.16. The van der Waals surface area contributed by atoms with Crippen molar-refractivity contribution in [3.05, 3.63) is 29.8 Å². The number of nitrogens with zero attached hydrogens (tertiary/aromatic N) is 1. The highest BCUT2D eigenvalue weighted by Crippen LogP contribution is 2.13. The molecule has 23 heavy (non-hydrogen) atoms. The molecule has 0 aliphatic heterocycles. The van der Waals surface area contributed by atoms with Crippen LogP contribution in [-0.4, -0.2) is 48.2 Å². The van der Waals surface area contributed by atoms with E-state index in [9.17, 15) is 9.59 Å². The van der Waals surface area contributed by atoms with Gasteiger partial charge in [0.2, 0.25) is 0 Å². The average Bonchev–Trinajstić information content (AvgIpc) is 2.52. The third kappa shape index (κ3) is 6.92. The molecule has 0 unspecified atom stereocenters. The predicted octanol–water partition coefficient (Wildman–Crippen LogP) is 1.05. The molecular formula is C14H19N3O5S. The summed E-state index contributed by atoms with van der Waals surface area (Å²) in [4.78, 5) is 26.8. The Morgan fingerprint density at radius 2 is 2.04 bits per heavy atom. The molecule has 4 N–H and O–H groups in total. The summed E-state index contributed by atoms with van der Waals surface area (Å²) < 4.78 is 5.06. The zero-order valence-corrected chi connectivity index (χ0v) is 13.6. The highest BCUT2D eigenvalue weighted by atomic mass is 32.2. The zero-order chi connectivity index (χ0) is 17.2. The Hall–Kier alpha value is -2.42. The third-order valence-corrected chi connectivity index (χ3v) is 3.29. The summed E-state index contributed by atoms with van der Waals surface area (Å²) in [5.41, 5.74) is 6.55. The summed E-state index contributed by atoms with van der Waals surface area (Å²) in [7, 11) is 1.55. The van der Waals surface area contributed by atoms with Gasteiger partial charge in [-0.3, -0.25) is 0 Å². The van der Waals surface area contributed by atoms with Crippen molar-refractivity contribution in [1.82, 2.24) is 5.32 Å². The molecule has 1 aromatic rings. The third-order valence-electron chi connectivity index (χ3n) is 2.77. The second-order valence-electron chi connectivity index (χ2n) is 4.47. The summed E-state index contributed by atoms with van der Waals surface area (Å²) in [6.07, 6.45) is 0.746. The number of carboxylic acid groups (broad SMARTS) is 1. The lowest BCUT2D eigenvalue weighted by molar-refractivity contribution is -0.140. The molecule has 0 radical (unpaired) electrons. The normalized spacial score (nSPS) is 12.3. The van der Waals surface area contributed by atoms with Crippen molar-refractivity contribution in [2.24, 2.45) is 10.9 Å². The first-order valence-electron chi connectivity index (χ1n) is 6.60. The van der Waals surface area contributed by atoms with E-state index < -0.39 is 18.1 Å². The fourth-order valence-corrected chi connectivity index (χ4v) is 1.98. The maximum absolute atomic E-state index is 11.3. The van der Waals surface area contributed by atoms with Gasteiger partial charge in [-0.15, -0.1) is 0 Å². The number of oxime groups is 1. The number of amides is 1. The van der Waals surface area contributed by atoms with Crippen LogP contribution in [0.1, 0.15) is 5.56 Å². The van der Waals surface area contributed by atoms with Crippen molar-refractivity contribution in [2.45, 2.75) is 12.5 Å². The van der Waals surface area contributed by atoms with Gasteiger partial charge in [0.25, 0.3) is 0 Å². The van der Waals surface area contributed by atoms with Gasteiger partial charge in [0, 0.05) is 6.42 Å². The van der Waals surface area contributed by atoms with Crippen molar-refractivity contribution >= 4 is 29.7 Å².